The predicted octanol–water partition coefficient (Wildman–Crippen LogP) is 2.96. The number of fused-ring (bicyclic) bond motifs is 1. The summed E-state index contributed by atoms with van der Waals surface area (Å²) in [5.41, 5.74) is -0.838. The van der Waals surface area contributed by atoms with Crippen LogP contribution in [0.25, 0.3) is 0 Å². The Morgan fingerprint density at radius 3 is 2.16 bits per heavy atom. The van der Waals surface area contributed by atoms with Crippen LogP contribution >= 0.6 is 0 Å². The second kappa shape index (κ2) is 15.9. The van der Waals surface area contributed by atoms with Crippen LogP contribution < -0.4 is 21.3 Å². The van der Waals surface area contributed by atoms with Crippen LogP contribution in [0.1, 0.15) is 99.8 Å². The van der Waals surface area contributed by atoms with Gasteiger partial charge in [0.05, 0.1) is 11.8 Å². The van der Waals surface area contributed by atoms with Gasteiger partial charge in [-0.05, 0) is 75.0 Å². The van der Waals surface area contributed by atoms with Gasteiger partial charge in [0.15, 0.2) is 0 Å². The lowest BCUT2D eigenvalue weighted by Gasteiger charge is -2.37. The topological polar surface area (TPSA) is 174 Å². The van der Waals surface area contributed by atoms with Crippen molar-refractivity contribution in [3.8, 4) is 0 Å². The first kappa shape index (κ1) is 40.8. The van der Waals surface area contributed by atoms with E-state index in [-0.39, 0.29) is 53.2 Å². The molecule has 3 saturated carbocycles. The molecule has 0 aromatic carbocycles. The zero-order valence-electron chi connectivity index (χ0n) is 31.9. The smallest absolute Gasteiger partial charge is 0.315 e. The number of piperidine rings is 1. The summed E-state index contributed by atoms with van der Waals surface area (Å²) < 4.78 is 27.9. The number of carbonyl (C=O) groups is 5. The summed E-state index contributed by atoms with van der Waals surface area (Å²) in [6.07, 6.45) is 7.99. The Bertz CT molecular complexity index is 1450. The second-order valence-electron chi connectivity index (χ2n) is 17.3. The molecule has 0 aromatic rings. The third kappa shape index (κ3) is 9.71. The van der Waals surface area contributed by atoms with E-state index >= 15 is 0 Å². The highest BCUT2D eigenvalue weighted by Gasteiger charge is 2.69. The second-order valence-corrected chi connectivity index (χ2v) is 19.3. The lowest BCUT2D eigenvalue weighted by molar-refractivity contribution is -0.144. The van der Waals surface area contributed by atoms with Gasteiger partial charge in [0, 0.05) is 31.7 Å². The first-order chi connectivity index (χ1) is 23.7. The monoisotopic (exact) mass is 734 g/mol. The lowest BCUT2D eigenvalue weighted by atomic mass is 9.83. The molecule has 0 radical (unpaired) electrons. The number of rotatable bonds is 16. The fourth-order valence-electron chi connectivity index (χ4n) is 7.93. The van der Waals surface area contributed by atoms with E-state index in [4.69, 9.17) is 0 Å². The summed E-state index contributed by atoms with van der Waals surface area (Å²) in [4.78, 5) is 69.9. The molecule has 14 heteroatoms. The van der Waals surface area contributed by atoms with Crippen LogP contribution in [0.3, 0.4) is 0 Å². The fraction of sp³-hybridized carbons (Fsp3) is 0.811. The van der Waals surface area contributed by atoms with Crippen LogP contribution in [-0.4, -0.2) is 103 Å². The maximum atomic E-state index is 14.6. The van der Waals surface area contributed by atoms with Gasteiger partial charge in [-0.3, -0.25) is 19.2 Å². The summed E-state index contributed by atoms with van der Waals surface area (Å²) in [6, 6.07) is -4.13. The minimum absolute atomic E-state index is 0.0711. The maximum absolute atomic E-state index is 14.6. The molecule has 1 saturated heterocycles. The molecule has 3 aliphatic carbocycles. The fourth-order valence-corrected chi connectivity index (χ4v) is 9.91. The molecule has 0 bridgehead atoms. The van der Waals surface area contributed by atoms with Crippen LogP contribution in [0.4, 0.5) is 4.79 Å². The Hall–Kier alpha value is -3.00. The van der Waals surface area contributed by atoms with Gasteiger partial charge in [0.2, 0.25) is 27.6 Å². The number of hydrogen-bond acceptors (Lipinski definition) is 7. The van der Waals surface area contributed by atoms with Gasteiger partial charge in [0.25, 0.3) is 5.91 Å². The summed E-state index contributed by atoms with van der Waals surface area (Å²) >= 11 is 0. The summed E-state index contributed by atoms with van der Waals surface area (Å²) in [6.45, 7) is 17.3. The molecular weight excluding hydrogens is 673 g/mol. The zero-order valence-corrected chi connectivity index (χ0v) is 32.7. The Morgan fingerprint density at radius 1 is 0.980 bits per heavy atom. The van der Waals surface area contributed by atoms with E-state index in [1.165, 1.54) is 17.4 Å². The Kier molecular flexibility index (Phi) is 12.7. The molecule has 1 unspecified atom stereocenters. The normalized spacial score (nSPS) is 25.0. The number of likely N-dealkylation sites (tertiary alicyclic amines) is 1. The van der Waals surface area contributed by atoms with Crippen LogP contribution in [0.5, 0.6) is 0 Å². The zero-order chi connectivity index (χ0) is 38.1. The van der Waals surface area contributed by atoms with Gasteiger partial charge in [-0.15, -0.1) is 6.58 Å². The highest BCUT2D eigenvalue weighted by molar-refractivity contribution is 7.89. The molecule has 4 aliphatic rings. The van der Waals surface area contributed by atoms with Crippen molar-refractivity contribution >= 4 is 39.6 Å². The van der Waals surface area contributed by atoms with E-state index in [0.29, 0.717) is 13.0 Å². The van der Waals surface area contributed by atoms with Gasteiger partial charge in [-0.25, -0.2) is 13.2 Å². The van der Waals surface area contributed by atoms with E-state index in [2.05, 4.69) is 41.7 Å². The molecule has 1 aliphatic heterocycles. The van der Waals surface area contributed by atoms with Crippen LogP contribution in [0.2, 0.25) is 0 Å². The summed E-state index contributed by atoms with van der Waals surface area (Å²) in [5, 5.41) is 11.2. The van der Waals surface area contributed by atoms with Crippen LogP contribution in [0.15, 0.2) is 12.7 Å². The largest absolute Gasteiger partial charge is 0.346 e. The molecule has 13 nitrogen and oxygen atoms in total. The molecule has 51 heavy (non-hydrogen) atoms. The molecule has 4 rings (SSSR count). The van der Waals surface area contributed by atoms with Crippen molar-refractivity contribution in [1.29, 1.82) is 0 Å². The number of ketones is 1. The molecule has 5 amide bonds. The molecule has 4 N–H and O–H groups in total. The number of hydrogen-bond donors (Lipinski definition) is 4. The van der Waals surface area contributed by atoms with Gasteiger partial charge in [0.1, 0.15) is 12.1 Å². The highest BCUT2D eigenvalue weighted by Crippen LogP contribution is 2.65. The molecule has 1 heterocycles. The summed E-state index contributed by atoms with van der Waals surface area (Å²) in [7, 11) is -2.20. The number of urea groups is 1. The van der Waals surface area contributed by atoms with Crippen LogP contribution in [-0.2, 0) is 29.2 Å². The van der Waals surface area contributed by atoms with Crippen molar-refractivity contribution in [3.63, 3.8) is 0 Å². The van der Waals surface area contributed by atoms with Crippen molar-refractivity contribution in [3.05, 3.63) is 12.7 Å². The first-order valence-electron chi connectivity index (χ1n) is 18.8. The lowest BCUT2D eigenvalue weighted by Crippen LogP contribution is -2.61. The molecule has 0 aromatic heterocycles. The number of carbonyl (C=O) groups excluding carboxylic acids is 5. The third-order valence-corrected chi connectivity index (χ3v) is 14.0. The SMILES string of the molecule is C=CCNC(=O)C(=O)C(CC1CC1)NC(=O)[C@@H]1[C@@H]2[C@H](CN1C(=O)[C@@H](NC(=O)N[C@H](CS(=O)(=O)N(C)C(C)(C)C)C(C)C)C1CCCCC1)C2(C)C. The third-order valence-electron chi connectivity index (χ3n) is 11.8. The Labute approximate surface area is 304 Å². The minimum atomic E-state index is -3.73. The van der Waals surface area contributed by atoms with Crippen molar-refractivity contribution in [1.82, 2.24) is 30.5 Å². The Balaban J connectivity index is 1.55. The van der Waals surface area contributed by atoms with Crippen molar-refractivity contribution in [2.45, 2.75) is 130 Å². The predicted molar refractivity (Wildman–Crippen MR) is 196 cm³/mol. The van der Waals surface area contributed by atoms with E-state index < -0.39 is 63.4 Å². The average molecular weight is 735 g/mol. The van der Waals surface area contributed by atoms with Crippen LogP contribution in [0, 0.1) is 35.0 Å². The number of nitrogens with one attached hydrogen (secondary N) is 4. The average Bonchev–Trinajstić information content (AvgIpc) is 3.91. The standard InChI is InChI=1S/C37H62N6O7S/c1-10-18-38-33(46)31(44)26(19-23-16-17-23)39-32(45)30-28-25(37(28,7)8)20-43(30)34(47)29(24-14-12-11-13-15-24)41-35(48)40-27(22(2)3)21-51(49,50)42(9)36(4,5)6/h10,22-30H,1,11-21H2,2-9H3,(H,38,46)(H,39,45)(H2,40,41,48)/t25-,26?,27+,28-,29-,30-/m0/s1. The number of nitrogens with zero attached hydrogens (tertiary/aromatic N) is 2. The first-order valence-corrected chi connectivity index (χ1v) is 20.4. The van der Waals surface area contributed by atoms with Crippen molar-refractivity contribution in [2.75, 3.05) is 25.9 Å². The van der Waals surface area contributed by atoms with E-state index in [9.17, 15) is 32.4 Å². The molecular formula is C37H62N6O7S. The highest BCUT2D eigenvalue weighted by atomic mass is 32.2. The van der Waals surface area contributed by atoms with E-state index in [1.807, 2.05) is 13.8 Å². The summed E-state index contributed by atoms with van der Waals surface area (Å²) in [5.74, 6) is -2.80. The number of sulfonamides is 1. The molecule has 288 valence electrons. The minimum Gasteiger partial charge on any atom is -0.346 e. The van der Waals surface area contributed by atoms with Gasteiger partial charge in [-0.1, -0.05) is 65.9 Å². The van der Waals surface area contributed by atoms with Gasteiger partial charge >= 0.3 is 6.03 Å². The maximum Gasteiger partial charge on any atom is 0.315 e. The van der Waals surface area contributed by atoms with Crippen molar-refractivity contribution in [2.24, 2.45) is 35.0 Å². The molecule has 0 spiro atoms. The quantitative estimate of drug-likeness (QED) is 0.139. The molecule has 6 atom stereocenters. The van der Waals surface area contributed by atoms with Crippen molar-refractivity contribution < 1.29 is 32.4 Å². The van der Waals surface area contributed by atoms with E-state index in [1.54, 1.807) is 25.7 Å². The van der Waals surface area contributed by atoms with Gasteiger partial charge < -0.3 is 26.2 Å². The number of amides is 5. The van der Waals surface area contributed by atoms with Gasteiger partial charge in [-0.2, -0.15) is 4.31 Å². The molecule has 4 fully saturated rings. The Morgan fingerprint density at radius 2 is 1.61 bits per heavy atom. The number of Topliss-reactive ketones (excluding diaryl/α,β-unsaturated/α-hetero) is 1. The van der Waals surface area contributed by atoms with E-state index in [0.717, 1.165) is 44.9 Å².